The number of piperazine rings is 1. The van der Waals surface area contributed by atoms with Gasteiger partial charge in [-0.1, -0.05) is 36.5 Å². The van der Waals surface area contributed by atoms with Crippen LogP contribution in [0.25, 0.3) is 33.8 Å². The number of aromatic nitrogens is 6. The molecule has 4 aromatic rings. The Kier molecular flexibility index (Phi) is 7.22. The number of anilines is 1. The summed E-state index contributed by atoms with van der Waals surface area (Å²) in [5, 5.41) is 4.35. The number of hydrogen-bond acceptors (Lipinski definition) is 8. The summed E-state index contributed by atoms with van der Waals surface area (Å²) in [6, 6.07) is 3.40. The Balaban J connectivity index is 1.38. The molecule has 44 heavy (non-hydrogen) atoms. The highest BCUT2D eigenvalue weighted by Crippen LogP contribution is 2.43. The Morgan fingerprint density at radius 1 is 1.09 bits per heavy atom. The molecular weight excluding hydrogens is 587 g/mol. The van der Waals surface area contributed by atoms with Gasteiger partial charge in [-0.15, -0.1) is 0 Å². The van der Waals surface area contributed by atoms with Crippen LogP contribution < -0.4 is 10.7 Å². The summed E-state index contributed by atoms with van der Waals surface area (Å²) >= 11 is 6.40. The molecule has 2 aliphatic carbocycles. The zero-order valence-electron chi connectivity index (χ0n) is 25.1. The molecule has 1 saturated heterocycles. The number of imidazole rings is 1. The van der Waals surface area contributed by atoms with E-state index < -0.39 is 17.3 Å². The Morgan fingerprint density at radius 3 is 2.45 bits per heavy atom. The van der Waals surface area contributed by atoms with Gasteiger partial charge in [0.1, 0.15) is 5.69 Å². The highest BCUT2D eigenvalue weighted by molar-refractivity contribution is 6.30. The molecule has 0 unspecified atom stereocenters. The summed E-state index contributed by atoms with van der Waals surface area (Å²) in [6.45, 7) is 8.00. The molecule has 7 rings (SSSR count). The average Bonchev–Trinajstić information content (AvgIpc) is 3.43. The Morgan fingerprint density at radius 2 is 1.82 bits per heavy atom. The van der Waals surface area contributed by atoms with E-state index in [4.69, 9.17) is 26.1 Å². The standard InChI is InChI=1S/C31H36ClFN8O3/c1-17-4-6-20(7-5-17)16-40-26-23(36-29(40)41-18(2)14-39(15-19(41)3)28(42)31(33)8-9-31)11-24(27-37-30(43)44-38-27)35-25(26)21-10-22(32)13-34-12-21/h10-13,17-20H,4-9,14-16H2,1-3H3,(H,37,38,43)/t17?,18-,19-,20?/m1/s1. The third-order valence-electron chi connectivity index (χ3n) is 9.45. The molecule has 13 heteroatoms. The van der Waals surface area contributed by atoms with E-state index in [1.807, 2.05) is 12.1 Å². The molecule has 0 aromatic carbocycles. The summed E-state index contributed by atoms with van der Waals surface area (Å²) in [4.78, 5) is 45.8. The van der Waals surface area contributed by atoms with Gasteiger partial charge in [-0.2, -0.15) is 0 Å². The van der Waals surface area contributed by atoms with Crippen LogP contribution in [0.15, 0.2) is 33.8 Å². The normalized spacial score (nSPS) is 25.0. The molecule has 11 nitrogen and oxygen atoms in total. The molecule has 232 valence electrons. The van der Waals surface area contributed by atoms with Crippen LogP contribution in [0, 0.1) is 11.8 Å². The first kappa shape index (κ1) is 28.9. The first-order valence-electron chi connectivity index (χ1n) is 15.4. The van der Waals surface area contributed by atoms with Crippen LogP contribution in [0.1, 0.15) is 59.3 Å². The molecular formula is C31H36ClFN8O3. The number of rotatable bonds is 6. The van der Waals surface area contributed by atoms with E-state index >= 15 is 0 Å². The third kappa shape index (κ3) is 5.27. The predicted molar refractivity (Wildman–Crippen MR) is 164 cm³/mol. The van der Waals surface area contributed by atoms with Crippen molar-refractivity contribution in [2.24, 2.45) is 11.8 Å². The van der Waals surface area contributed by atoms with E-state index in [0.717, 1.165) is 30.9 Å². The number of hydrogen-bond donors (Lipinski definition) is 1. The van der Waals surface area contributed by atoms with Crippen molar-refractivity contribution >= 4 is 34.5 Å². The Labute approximate surface area is 258 Å². The minimum Gasteiger partial charge on any atom is -0.336 e. The van der Waals surface area contributed by atoms with Crippen LogP contribution >= 0.6 is 11.6 Å². The summed E-state index contributed by atoms with van der Waals surface area (Å²) in [5.41, 5.74) is 1.52. The lowest BCUT2D eigenvalue weighted by Gasteiger charge is -2.45. The van der Waals surface area contributed by atoms with Gasteiger partial charge in [0.25, 0.3) is 5.91 Å². The van der Waals surface area contributed by atoms with Crippen molar-refractivity contribution in [2.45, 2.75) is 83.6 Å². The number of carbonyl (C=O) groups excluding carboxylic acids is 1. The lowest BCUT2D eigenvalue weighted by molar-refractivity contribution is -0.139. The molecule has 5 heterocycles. The molecule has 3 aliphatic rings. The van der Waals surface area contributed by atoms with E-state index in [-0.39, 0.29) is 17.9 Å². The Hall–Kier alpha value is -3.80. The predicted octanol–water partition coefficient (Wildman–Crippen LogP) is 5.24. The van der Waals surface area contributed by atoms with Crippen molar-refractivity contribution in [3.63, 3.8) is 0 Å². The van der Waals surface area contributed by atoms with Gasteiger partial charge in [0.15, 0.2) is 5.67 Å². The number of fused-ring (bicyclic) bond motifs is 1. The van der Waals surface area contributed by atoms with E-state index in [0.29, 0.717) is 65.3 Å². The molecule has 0 bridgehead atoms. The van der Waals surface area contributed by atoms with Gasteiger partial charge in [-0.3, -0.25) is 19.3 Å². The largest absolute Gasteiger partial charge is 0.439 e. The molecule has 2 saturated carbocycles. The number of nitrogens with zero attached hydrogens (tertiary/aromatic N) is 7. The molecule has 1 aliphatic heterocycles. The second-order valence-corrected chi connectivity index (χ2v) is 13.4. The van der Waals surface area contributed by atoms with Crippen LogP contribution in [0.2, 0.25) is 5.02 Å². The topological polar surface area (TPSA) is 126 Å². The summed E-state index contributed by atoms with van der Waals surface area (Å²) in [7, 11) is 0. The number of pyridine rings is 2. The van der Waals surface area contributed by atoms with E-state index in [1.165, 1.54) is 12.8 Å². The van der Waals surface area contributed by atoms with Gasteiger partial charge >= 0.3 is 5.76 Å². The number of amides is 1. The molecule has 2 atom stereocenters. The minimum atomic E-state index is -1.70. The number of H-pyrrole nitrogens is 1. The maximum absolute atomic E-state index is 14.8. The van der Waals surface area contributed by atoms with Gasteiger partial charge < -0.3 is 14.4 Å². The molecule has 0 spiro atoms. The van der Waals surface area contributed by atoms with E-state index in [2.05, 4.69) is 45.4 Å². The van der Waals surface area contributed by atoms with Crippen molar-refractivity contribution in [3.05, 3.63) is 40.1 Å². The van der Waals surface area contributed by atoms with Crippen molar-refractivity contribution in [2.75, 3.05) is 18.0 Å². The fourth-order valence-corrected chi connectivity index (χ4v) is 7.15. The average molecular weight is 623 g/mol. The van der Waals surface area contributed by atoms with E-state index in [9.17, 15) is 14.0 Å². The lowest BCUT2D eigenvalue weighted by atomic mass is 9.83. The first-order chi connectivity index (χ1) is 21.1. The van der Waals surface area contributed by atoms with Crippen LogP contribution in [-0.2, 0) is 11.3 Å². The second kappa shape index (κ2) is 11.0. The maximum atomic E-state index is 14.8. The number of carbonyl (C=O) groups is 1. The number of halogens is 2. The van der Waals surface area contributed by atoms with Gasteiger partial charge in [0, 0.05) is 49.7 Å². The highest BCUT2D eigenvalue weighted by Gasteiger charge is 2.54. The monoisotopic (exact) mass is 622 g/mol. The summed E-state index contributed by atoms with van der Waals surface area (Å²) < 4.78 is 21.8. The molecule has 1 amide bonds. The third-order valence-corrected chi connectivity index (χ3v) is 9.66. The number of nitrogens with one attached hydrogen (secondary N) is 1. The molecule has 3 fully saturated rings. The van der Waals surface area contributed by atoms with Crippen molar-refractivity contribution < 1.29 is 13.7 Å². The van der Waals surface area contributed by atoms with Crippen LogP contribution in [-0.4, -0.2) is 71.3 Å². The van der Waals surface area contributed by atoms with Crippen LogP contribution in [0.3, 0.4) is 0 Å². The zero-order valence-corrected chi connectivity index (χ0v) is 25.8. The zero-order chi connectivity index (χ0) is 30.7. The fourth-order valence-electron chi connectivity index (χ4n) is 6.98. The summed E-state index contributed by atoms with van der Waals surface area (Å²) in [5.74, 6) is 1.06. The van der Waals surface area contributed by atoms with Gasteiger partial charge in [0.2, 0.25) is 11.8 Å². The van der Waals surface area contributed by atoms with Crippen LogP contribution in [0.5, 0.6) is 0 Å². The smallest absolute Gasteiger partial charge is 0.336 e. The van der Waals surface area contributed by atoms with Crippen molar-refractivity contribution in [1.29, 1.82) is 0 Å². The fraction of sp³-hybridized carbons (Fsp3) is 0.548. The highest BCUT2D eigenvalue weighted by atomic mass is 35.5. The molecule has 1 N–H and O–H groups in total. The van der Waals surface area contributed by atoms with Gasteiger partial charge in [-0.05, 0) is 63.5 Å². The second-order valence-electron chi connectivity index (χ2n) is 13.0. The SMILES string of the molecule is CC1CCC(Cn2c(N3[C@H](C)CN(C(=O)C4(F)CC4)C[C@H]3C)nc3cc(-c4noc(=O)[nH]4)nc(-c4cncc(Cl)c4)c32)CC1. The molecule has 0 radical (unpaired) electrons. The quantitative estimate of drug-likeness (QED) is 0.309. The number of alkyl halides is 1. The minimum absolute atomic E-state index is 0.109. The van der Waals surface area contributed by atoms with Crippen LogP contribution in [0.4, 0.5) is 10.3 Å². The van der Waals surface area contributed by atoms with Crippen molar-refractivity contribution in [3.8, 4) is 22.8 Å². The van der Waals surface area contributed by atoms with E-state index in [1.54, 1.807) is 17.3 Å². The lowest BCUT2D eigenvalue weighted by Crippen LogP contribution is -2.60. The Bertz CT molecular complexity index is 1760. The van der Waals surface area contributed by atoms with Gasteiger partial charge in [0.05, 0.1) is 21.7 Å². The number of aromatic amines is 1. The van der Waals surface area contributed by atoms with Crippen molar-refractivity contribution in [1.82, 2.24) is 34.6 Å². The van der Waals surface area contributed by atoms with Gasteiger partial charge in [-0.25, -0.2) is 19.2 Å². The molecule has 4 aromatic heterocycles. The first-order valence-corrected chi connectivity index (χ1v) is 15.8. The summed E-state index contributed by atoms with van der Waals surface area (Å²) in [6.07, 6.45) is 8.48. The maximum Gasteiger partial charge on any atom is 0.439 e.